The van der Waals surface area contributed by atoms with Crippen molar-refractivity contribution in [1.82, 2.24) is 9.80 Å². The molecule has 19 heavy (non-hydrogen) atoms. The highest BCUT2D eigenvalue weighted by Crippen LogP contribution is 2.26. The predicted octanol–water partition coefficient (Wildman–Crippen LogP) is 2.28. The zero-order valence-electron chi connectivity index (χ0n) is 12.8. The molecule has 1 aromatic carbocycles. The van der Waals surface area contributed by atoms with Crippen molar-refractivity contribution in [3.8, 4) is 5.75 Å². The number of nitrogens with zero attached hydrogens (tertiary/aromatic N) is 3. The maximum absolute atomic E-state index is 5.40. The van der Waals surface area contributed by atoms with Crippen LogP contribution in [0.3, 0.4) is 0 Å². The minimum absolute atomic E-state index is 0.325. The van der Waals surface area contributed by atoms with Crippen molar-refractivity contribution in [2.24, 2.45) is 4.99 Å². The van der Waals surface area contributed by atoms with E-state index in [2.05, 4.69) is 18.0 Å². The number of methoxy groups -OCH3 is 1. The van der Waals surface area contributed by atoms with Crippen LogP contribution in [-0.2, 0) is 0 Å². The first-order valence-corrected chi connectivity index (χ1v) is 6.49. The molecule has 0 aliphatic rings. The normalized spacial score (nSPS) is 11.7. The first-order valence-electron chi connectivity index (χ1n) is 6.49. The molecule has 0 aromatic heterocycles. The van der Waals surface area contributed by atoms with Crippen LogP contribution in [0.25, 0.3) is 0 Å². The van der Waals surface area contributed by atoms with Gasteiger partial charge in [0.05, 0.1) is 7.11 Å². The lowest BCUT2D eigenvalue weighted by atomic mass is 10.0. The Morgan fingerprint density at radius 2 is 1.74 bits per heavy atom. The van der Waals surface area contributed by atoms with Crippen LogP contribution < -0.4 is 4.74 Å². The number of aliphatic imine (C=N–C) groups is 1. The SMILES string of the molecule is COc1ccccc1[C@H](C)CN=C(N(C)C)N(C)C. The Labute approximate surface area is 116 Å². The summed E-state index contributed by atoms with van der Waals surface area (Å²) in [5, 5.41) is 0. The second-order valence-electron chi connectivity index (χ2n) is 5.07. The minimum atomic E-state index is 0.325. The Bertz CT molecular complexity index is 417. The number of para-hydroxylation sites is 1. The molecule has 0 N–H and O–H groups in total. The van der Waals surface area contributed by atoms with Crippen molar-refractivity contribution in [3.63, 3.8) is 0 Å². The lowest BCUT2D eigenvalue weighted by Gasteiger charge is -2.23. The highest BCUT2D eigenvalue weighted by molar-refractivity contribution is 5.79. The van der Waals surface area contributed by atoms with Crippen LogP contribution in [0.4, 0.5) is 0 Å². The van der Waals surface area contributed by atoms with Gasteiger partial charge in [-0.15, -0.1) is 0 Å². The minimum Gasteiger partial charge on any atom is -0.496 e. The number of benzene rings is 1. The van der Waals surface area contributed by atoms with Gasteiger partial charge in [0.15, 0.2) is 5.96 Å². The molecule has 0 bridgehead atoms. The molecule has 0 spiro atoms. The van der Waals surface area contributed by atoms with Gasteiger partial charge in [0.25, 0.3) is 0 Å². The van der Waals surface area contributed by atoms with E-state index in [9.17, 15) is 0 Å². The quantitative estimate of drug-likeness (QED) is 0.616. The molecule has 4 nitrogen and oxygen atoms in total. The average molecular weight is 263 g/mol. The van der Waals surface area contributed by atoms with E-state index in [1.165, 1.54) is 5.56 Å². The molecule has 1 atom stereocenters. The zero-order valence-corrected chi connectivity index (χ0v) is 12.8. The van der Waals surface area contributed by atoms with E-state index in [0.29, 0.717) is 5.92 Å². The fraction of sp³-hybridized carbons (Fsp3) is 0.533. The number of ether oxygens (including phenoxy) is 1. The molecule has 0 radical (unpaired) electrons. The Balaban J connectivity index is 2.84. The lowest BCUT2D eigenvalue weighted by Crippen LogP contribution is -2.35. The molecular weight excluding hydrogens is 238 g/mol. The third-order valence-electron chi connectivity index (χ3n) is 2.98. The summed E-state index contributed by atoms with van der Waals surface area (Å²) in [6.45, 7) is 2.91. The predicted molar refractivity (Wildman–Crippen MR) is 81.1 cm³/mol. The largest absolute Gasteiger partial charge is 0.496 e. The van der Waals surface area contributed by atoms with Gasteiger partial charge in [0.2, 0.25) is 0 Å². The van der Waals surface area contributed by atoms with Crippen LogP contribution >= 0.6 is 0 Å². The van der Waals surface area contributed by atoms with E-state index in [4.69, 9.17) is 4.74 Å². The summed E-state index contributed by atoms with van der Waals surface area (Å²) < 4.78 is 5.40. The van der Waals surface area contributed by atoms with Crippen LogP contribution in [-0.4, -0.2) is 57.6 Å². The topological polar surface area (TPSA) is 28.1 Å². The van der Waals surface area contributed by atoms with Crippen molar-refractivity contribution >= 4 is 5.96 Å². The lowest BCUT2D eigenvalue weighted by molar-refractivity contribution is 0.406. The number of rotatable bonds is 4. The van der Waals surface area contributed by atoms with Crippen molar-refractivity contribution in [2.45, 2.75) is 12.8 Å². The Hall–Kier alpha value is -1.71. The summed E-state index contributed by atoms with van der Waals surface area (Å²) in [7, 11) is 9.73. The van der Waals surface area contributed by atoms with Gasteiger partial charge in [0, 0.05) is 40.7 Å². The molecular formula is C15H25N3O. The van der Waals surface area contributed by atoms with Gasteiger partial charge < -0.3 is 14.5 Å². The van der Waals surface area contributed by atoms with Crippen LogP contribution in [0.15, 0.2) is 29.3 Å². The van der Waals surface area contributed by atoms with Gasteiger partial charge in [-0.2, -0.15) is 0 Å². The second-order valence-corrected chi connectivity index (χ2v) is 5.07. The molecule has 0 amide bonds. The third-order valence-corrected chi connectivity index (χ3v) is 2.98. The molecule has 106 valence electrons. The molecule has 0 fully saturated rings. The second kappa shape index (κ2) is 7.02. The highest BCUT2D eigenvalue weighted by atomic mass is 16.5. The van der Waals surface area contributed by atoms with Crippen molar-refractivity contribution in [1.29, 1.82) is 0 Å². The first-order chi connectivity index (χ1) is 8.97. The van der Waals surface area contributed by atoms with E-state index in [0.717, 1.165) is 18.3 Å². The fourth-order valence-electron chi connectivity index (χ4n) is 2.07. The van der Waals surface area contributed by atoms with Crippen LogP contribution in [0.1, 0.15) is 18.4 Å². The van der Waals surface area contributed by atoms with Crippen LogP contribution in [0, 0.1) is 0 Å². The molecule has 1 aromatic rings. The summed E-state index contributed by atoms with van der Waals surface area (Å²) in [5.74, 6) is 2.23. The van der Waals surface area contributed by atoms with E-state index in [1.54, 1.807) is 7.11 Å². The molecule has 0 aliphatic carbocycles. The number of guanidine groups is 1. The number of hydrogen-bond acceptors (Lipinski definition) is 2. The zero-order chi connectivity index (χ0) is 14.4. The van der Waals surface area contributed by atoms with Gasteiger partial charge in [-0.3, -0.25) is 4.99 Å². The van der Waals surface area contributed by atoms with Crippen LogP contribution in [0.2, 0.25) is 0 Å². The first kappa shape index (κ1) is 15.3. The van der Waals surface area contributed by atoms with Gasteiger partial charge >= 0.3 is 0 Å². The Kier molecular flexibility index (Phi) is 5.67. The molecule has 0 heterocycles. The molecule has 0 unspecified atom stereocenters. The van der Waals surface area contributed by atoms with Gasteiger partial charge in [-0.05, 0) is 11.6 Å². The summed E-state index contributed by atoms with van der Waals surface area (Å²) in [5.41, 5.74) is 1.20. The van der Waals surface area contributed by atoms with E-state index >= 15 is 0 Å². The summed E-state index contributed by atoms with van der Waals surface area (Å²) >= 11 is 0. The van der Waals surface area contributed by atoms with Gasteiger partial charge in [0.1, 0.15) is 5.75 Å². The smallest absolute Gasteiger partial charge is 0.195 e. The van der Waals surface area contributed by atoms with Gasteiger partial charge in [-0.1, -0.05) is 25.1 Å². The monoisotopic (exact) mass is 263 g/mol. The molecule has 1 rings (SSSR count). The molecule has 0 saturated heterocycles. The molecule has 0 saturated carbocycles. The average Bonchev–Trinajstić information content (AvgIpc) is 2.37. The van der Waals surface area contributed by atoms with Crippen molar-refractivity contribution in [2.75, 3.05) is 41.8 Å². The maximum atomic E-state index is 5.40. The van der Waals surface area contributed by atoms with E-state index in [1.807, 2.05) is 56.2 Å². The molecule has 0 aliphatic heterocycles. The summed E-state index contributed by atoms with van der Waals surface area (Å²) in [4.78, 5) is 8.73. The standard InChI is InChI=1S/C15H25N3O/c1-12(11-16-15(17(2)3)18(4)5)13-9-7-8-10-14(13)19-6/h7-10,12H,11H2,1-6H3/t12-/m1/s1. The van der Waals surface area contributed by atoms with Gasteiger partial charge in [-0.25, -0.2) is 0 Å². The van der Waals surface area contributed by atoms with Crippen LogP contribution in [0.5, 0.6) is 5.75 Å². The van der Waals surface area contributed by atoms with E-state index < -0.39 is 0 Å². The maximum Gasteiger partial charge on any atom is 0.195 e. The number of hydrogen-bond donors (Lipinski definition) is 0. The molecule has 4 heteroatoms. The summed E-state index contributed by atoms with van der Waals surface area (Å²) in [6.07, 6.45) is 0. The summed E-state index contributed by atoms with van der Waals surface area (Å²) in [6, 6.07) is 8.12. The highest BCUT2D eigenvalue weighted by Gasteiger charge is 2.11. The van der Waals surface area contributed by atoms with Crippen molar-refractivity contribution < 1.29 is 4.74 Å². The van der Waals surface area contributed by atoms with Crippen molar-refractivity contribution in [3.05, 3.63) is 29.8 Å². The Morgan fingerprint density at radius 3 is 2.26 bits per heavy atom. The van der Waals surface area contributed by atoms with E-state index in [-0.39, 0.29) is 0 Å². The Morgan fingerprint density at radius 1 is 1.16 bits per heavy atom. The third kappa shape index (κ3) is 4.16. The fourth-order valence-corrected chi connectivity index (χ4v) is 2.07.